The first-order valence-corrected chi connectivity index (χ1v) is 9.00. The molecule has 0 radical (unpaired) electrons. The first kappa shape index (κ1) is 16.5. The molecule has 130 valence electrons. The lowest BCUT2D eigenvalue weighted by Crippen LogP contribution is -2.22. The summed E-state index contributed by atoms with van der Waals surface area (Å²) in [4.78, 5) is 12.2. The number of nitrogens with zero attached hydrogens (tertiary/aromatic N) is 2. The number of benzene rings is 2. The number of aromatic amines is 1. The third-order valence-corrected chi connectivity index (χ3v) is 4.59. The van der Waals surface area contributed by atoms with Crippen LogP contribution in [0.4, 0.5) is 0 Å². The molecule has 0 amide bonds. The minimum absolute atomic E-state index is 0.276. The maximum atomic E-state index is 4.57. The average molecular weight is 342 g/mol. The molecule has 26 heavy (non-hydrogen) atoms. The molecule has 0 bridgehead atoms. The second-order valence-electron chi connectivity index (χ2n) is 6.43. The van der Waals surface area contributed by atoms with Crippen molar-refractivity contribution >= 4 is 11.2 Å². The van der Waals surface area contributed by atoms with Crippen molar-refractivity contribution in [1.82, 2.24) is 20.3 Å². The molecule has 0 fully saturated rings. The molecule has 0 aliphatic carbocycles. The predicted molar refractivity (Wildman–Crippen MR) is 105 cm³/mol. The molecule has 0 saturated heterocycles. The standard InChI is InChI=1S/C22H22N4/c1-3-8-17(9-4-1)13-14-19(18-10-5-2-6-11-18)24-16-21-25-20-12-7-15-23-22(20)26-21/h1-12,15,19,24H,13-14,16H2,(H,23,25,26). The van der Waals surface area contributed by atoms with Crippen LogP contribution in [-0.4, -0.2) is 15.0 Å². The highest BCUT2D eigenvalue weighted by Crippen LogP contribution is 2.20. The Morgan fingerprint density at radius 3 is 2.42 bits per heavy atom. The molecule has 2 aromatic heterocycles. The first-order chi connectivity index (χ1) is 12.9. The number of rotatable bonds is 7. The van der Waals surface area contributed by atoms with Crippen molar-refractivity contribution in [2.24, 2.45) is 0 Å². The fourth-order valence-electron chi connectivity index (χ4n) is 3.23. The van der Waals surface area contributed by atoms with Crippen LogP contribution in [0.5, 0.6) is 0 Å². The van der Waals surface area contributed by atoms with Crippen molar-refractivity contribution in [1.29, 1.82) is 0 Å². The molecular weight excluding hydrogens is 320 g/mol. The number of pyridine rings is 1. The van der Waals surface area contributed by atoms with Crippen molar-refractivity contribution < 1.29 is 0 Å². The number of fused-ring (bicyclic) bond motifs is 1. The molecule has 2 aromatic carbocycles. The summed E-state index contributed by atoms with van der Waals surface area (Å²) < 4.78 is 0. The summed E-state index contributed by atoms with van der Waals surface area (Å²) in [7, 11) is 0. The lowest BCUT2D eigenvalue weighted by atomic mass is 9.99. The van der Waals surface area contributed by atoms with E-state index in [0.717, 1.165) is 29.8 Å². The normalized spacial score (nSPS) is 12.3. The Kier molecular flexibility index (Phi) is 5.03. The Balaban J connectivity index is 1.47. The van der Waals surface area contributed by atoms with E-state index in [1.165, 1.54) is 11.1 Å². The number of aryl methyl sites for hydroxylation is 1. The number of hydrogen-bond acceptors (Lipinski definition) is 3. The van der Waals surface area contributed by atoms with E-state index in [9.17, 15) is 0 Å². The van der Waals surface area contributed by atoms with Gasteiger partial charge in [-0.25, -0.2) is 9.97 Å². The van der Waals surface area contributed by atoms with Gasteiger partial charge in [0.2, 0.25) is 0 Å². The number of aromatic nitrogens is 3. The van der Waals surface area contributed by atoms with Crippen LogP contribution in [0.25, 0.3) is 11.2 Å². The first-order valence-electron chi connectivity index (χ1n) is 9.00. The highest BCUT2D eigenvalue weighted by atomic mass is 15.0. The Morgan fingerprint density at radius 2 is 1.65 bits per heavy atom. The maximum absolute atomic E-state index is 4.57. The summed E-state index contributed by atoms with van der Waals surface area (Å²) in [5.74, 6) is 0.916. The number of hydrogen-bond donors (Lipinski definition) is 2. The number of nitrogens with one attached hydrogen (secondary N) is 2. The van der Waals surface area contributed by atoms with Crippen molar-refractivity contribution in [3.05, 3.63) is 95.9 Å². The van der Waals surface area contributed by atoms with E-state index in [1.807, 2.05) is 12.1 Å². The van der Waals surface area contributed by atoms with E-state index in [4.69, 9.17) is 0 Å². The number of imidazole rings is 1. The van der Waals surface area contributed by atoms with Crippen LogP contribution in [0.15, 0.2) is 79.0 Å². The third kappa shape index (κ3) is 3.98. The van der Waals surface area contributed by atoms with Gasteiger partial charge in [0.25, 0.3) is 0 Å². The van der Waals surface area contributed by atoms with Crippen LogP contribution in [0.1, 0.15) is 29.4 Å². The molecule has 4 rings (SSSR count). The van der Waals surface area contributed by atoms with Gasteiger partial charge in [-0.3, -0.25) is 0 Å². The minimum Gasteiger partial charge on any atom is -0.340 e. The Labute approximate surface area is 153 Å². The largest absolute Gasteiger partial charge is 0.340 e. The van der Waals surface area contributed by atoms with Gasteiger partial charge in [-0.1, -0.05) is 60.7 Å². The van der Waals surface area contributed by atoms with E-state index in [2.05, 4.69) is 80.9 Å². The van der Waals surface area contributed by atoms with Crippen molar-refractivity contribution in [3.8, 4) is 0 Å². The summed E-state index contributed by atoms with van der Waals surface area (Å²) in [6, 6.07) is 25.4. The van der Waals surface area contributed by atoms with Gasteiger partial charge in [0.05, 0.1) is 12.1 Å². The zero-order valence-electron chi connectivity index (χ0n) is 14.6. The van der Waals surface area contributed by atoms with E-state index in [0.29, 0.717) is 6.54 Å². The molecule has 0 aliphatic heterocycles. The SMILES string of the molecule is c1ccc(CCC(NCc2nc3ncccc3[nH]2)c2ccccc2)cc1. The van der Waals surface area contributed by atoms with Crippen LogP contribution in [0.2, 0.25) is 0 Å². The maximum Gasteiger partial charge on any atom is 0.177 e. The molecule has 2 N–H and O–H groups in total. The molecule has 4 nitrogen and oxygen atoms in total. The fourth-order valence-corrected chi connectivity index (χ4v) is 3.23. The monoisotopic (exact) mass is 342 g/mol. The van der Waals surface area contributed by atoms with Gasteiger partial charge in [0.1, 0.15) is 5.82 Å². The van der Waals surface area contributed by atoms with E-state index >= 15 is 0 Å². The molecule has 2 heterocycles. The van der Waals surface area contributed by atoms with E-state index in [1.54, 1.807) is 6.20 Å². The zero-order chi connectivity index (χ0) is 17.6. The van der Waals surface area contributed by atoms with Crippen molar-refractivity contribution in [2.45, 2.75) is 25.4 Å². The summed E-state index contributed by atoms with van der Waals surface area (Å²) in [6.45, 7) is 0.685. The summed E-state index contributed by atoms with van der Waals surface area (Å²) in [6.07, 6.45) is 3.84. The van der Waals surface area contributed by atoms with Crippen molar-refractivity contribution in [2.75, 3.05) is 0 Å². The Hall–Kier alpha value is -2.98. The lowest BCUT2D eigenvalue weighted by molar-refractivity contribution is 0.492. The van der Waals surface area contributed by atoms with Crippen LogP contribution >= 0.6 is 0 Å². The zero-order valence-corrected chi connectivity index (χ0v) is 14.6. The molecule has 0 spiro atoms. The van der Waals surface area contributed by atoms with Crippen LogP contribution in [-0.2, 0) is 13.0 Å². The molecular formula is C22H22N4. The number of H-pyrrole nitrogens is 1. The molecule has 1 atom stereocenters. The van der Waals surface area contributed by atoms with Gasteiger partial charge in [0, 0.05) is 12.2 Å². The van der Waals surface area contributed by atoms with Gasteiger partial charge >= 0.3 is 0 Å². The molecule has 4 aromatic rings. The molecule has 0 saturated carbocycles. The third-order valence-electron chi connectivity index (χ3n) is 4.59. The fraction of sp³-hybridized carbons (Fsp3) is 0.182. The van der Waals surface area contributed by atoms with Gasteiger partial charge in [-0.05, 0) is 36.1 Å². The van der Waals surface area contributed by atoms with Gasteiger partial charge in [-0.15, -0.1) is 0 Å². The van der Waals surface area contributed by atoms with Gasteiger partial charge < -0.3 is 10.3 Å². The second kappa shape index (κ2) is 7.93. The topological polar surface area (TPSA) is 53.6 Å². The smallest absolute Gasteiger partial charge is 0.177 e. The Bertz CT molecular complexity index is 914. The van der Waals surface area contributed by atoms with E-state index < -0.39 is 0 Å². The Morgan fingerprint density at radius 1 is 0.885 bits per heavy atom. The highest BCUT2D eigenvalue weighted by Gasteiger charge is 2.12. The van der Waals surface area contributed by atoms with Crippen LogP contribution in [0.3, 0.4) is 0 Å². The van der Waals surface area contributed by atoms with Crippen LogP contribution in [0, 0.1) is 0 Å². The minimum atomic E-state index is 0.276. The van der Waals surface area contributed by atoms with Crippen LogP contribution < -0.4 is 5.32 Å². The lowest BCUT2D eigenvalue weighted by Gasteiger charge is -2.19. The van der Waals surface area contributed by atoms with Gasteiger partial charge in [-0.2, -0.15) is 0 Å². The highest BCUT2D eigenvalue weighted by molar-refractivity contribution is 5.69. The molecule has 0 aliphatic rings. The summed E-state index contributed by atoms with van der Waals surface area (Å²) in [5.41, 5.74) is 4.41. The second-order valence-corrected chi connectivity index (χ2v) is 6.43. The molecule has 1 unspecified atom stereocenters. The van der Waals surface area contributed by atoms with Gasteiger partial charge in [0.15, 0.2) is 5.65 Å². The predicted octanol–water partition coefficient (Wildman–Crippen LogP) is 4.42. The van der Waals surface area contributed by atoms with E-state index in [-0.39, 0.29) is 6.04 Å². The van der Waals surface area contributed by atoms with Crippen molar-refractivity contribution in [3.63, 3.8) is 0 Å². The molecule has 4 heteroatoms. The summed E-state index contributed by atoms with van der Waals surface area (Å²) >= 11 is 0. The quantitative estimate of drug-likeness (QED) is 0.523. The average Bonchev–Trinajstić information content (AvgIpc) is 3.12. The summed E-state index contributed by atoms with van der Waals surface area (Å²) in [5, 5.41) is 3.66.